The second-order valence-corrected chi connectivity index (χ2v) is 7.01. The Morgan fingerprint density at radius 1 is 1.11 bits per heavy atom. The highest BCUT2D eigenvalue weighted by atomic mass is 79.9. The van der Waals surface area contributed by atoms with Crippen LogP contribution in [0, 0.1) is 0 Å². The number of benzene rings is 2. The van der Waals surface area contributed by atoms with E-state index in [0.717, 1.165) is 4.47 Å². The number of rotatable bonds is 4. The first-order chi connectivity index (χ1) is 12.4. The lowest BCUT2D eigenvalue weighted by Gasteiger charge is -2.25. The lowest BCUT2D eigenvalue weighted by Crippen LogP contribution is -2.52. The number of carbonyl (C=O) groups is 2. The summed E-state index contributed by atoms with van der Waals surface area (Å²) in [5.41, 5.74) is -3.12. The smallest absolute Gasteiger partial charge is 0.373 e. The molecule has 0 fully saturated rings. The van der Waals surface area contributed by atoms with Crippen molar-refractivity contribution in [2.75, 3.05) is 10.6 Å². The van der Waals surface area contributed by atoms with Crippen molar-refractivity contribution in [1.29, 1.82) is 0 Å². The maximum absolute atomic E-state index is 12.7. The molecule has 27 heavy (non-hydrogen) atoms. The van der Waals surface area contributed by atoms with Crippen molar-refractivity contribution in [3.05, 3.63) is 57.5 Å². The van der Waals surface area contributed by atoms with Gasteiger partial charge in [-0.3, -0.25) is 9.59 Å². The van der Waals surface area contributed by atoms with Crippen LogP contribution in [-0.4, -0.2) is 28.7 Å². The molecule has 1 unspecified atom stereocenters. The molecule has 3 N–H and O–H groups in total. The maximum Gasteiger partial charge on any atom is 0.426 e. The topological polar surface area (TPSA) is 78.4 Å². The summed E-state index contributed by atoms with van der Waals surface area (Å²) in [5.74, 6) is -2.20. The fourth-order valence-corrected chi connectivity index (χ4v) is 2.53. The molecule has 10 heteroatoms. The third-order valence-corrected chi connectivity index (χ3v) is 4.36. The molecule has 0 heterocycles. The van der Waals surface area contributed by atoms with Gasteiger partial charge in [-0.25, -0.2) is 0 Å². The molecule has 0 aliphatic carbocycles. The Morgan fingerprint density at radius 3 is 2.33 bits per heavy atom. The number of amides is 2. The predicted molar refractivity (Wildman–Crippen MR) is 98.9 cm³/mol. The summed E-state index contributed by atoms with van der Waals surface area (Å²) in [6, 6.07) is 10.5. The number of hydrogen-bond donors (Lipinski definition) is 3. The number of nitrogens with one attached hydrogen (secondary N) is 2. The molecule has 0 radical (unpaired) electrons. The van der Waals surface area contributed by atoms with Gasteiger partial charge in [0.15, 0.2) is 0 Å². The molecule has 0 saturated heterocycles. The maximum atomic E-state index is 12.7. The fourth-order valence-electron chi connectivity index (χ4n) is 1.90. The van der Waals surface area contributed by atoms with Crippen molar-refractivity contribution in [2.45, 2.75) is 18.7 Å². The Hall–Kier alpha value is -2.10. The van der Waals surface area contributed by atoms with Gasteiger partial charge in [-0.1, -0.05) is 33.6 Å². The summed E-state index contributed by atoms with van der Waals surface area (Å²) in [4.78, 5) is 23.9. The average Bonchev–Trinajstić information content (AvgIpc) is 2.55. The van der Waals surface area contributed by atoms with Crippen molar-refractivity contribution >= 4 is 50.7 Å². The van der Waals surface area contributed by atoms with Gasteiger partial charge in [0.1, 0.15) is 0 Å². The van der Waals surface area contributed by atoms with Gasteiger partial charge in [-0.05, 0) is 43.3 Å². The summed E-state index contributed by atoms with van der Waals surface area (Å²) in [7, 11) is 0. The molecule has 0 aliphatic rings. The van der Waals surface area contributed by atoms with E-state index in [-0.39, 0.29) is 16.3 Å². The van der Waals surface area contributed by atoms with Crippen LogP contribution in [0.25, 0.3) is 0 Å². The van der Waals surface area contributed by atoms with E-state index in [4.69, 9.17) is 11.6 Å². The van der Waals surface area contributed by atoms with Crippen LogP contribution < -0.4 is 10.6 Å². The number of aliphatic hydroxyl groups is 1. The fraction of sp³-hybridized carbons (Fsp3) is 0.176. The largest absolute Gasteiger partial charge is 0.426 e. The molecule has 0 spiro atoms. The van der Waals surface area contributed by atoms with Gasteiger partial charge in [0, 0.05) is 15.7 Å². The first-order valence-electron chi connectivity index (χ1n) is 7.39. The number of anilines is 2. The lowest BCUT2D eigenvalue weighted by molar-refractivity contribution is -0.242. The van der Waals surface area contributed by atoms with Crippen LogP contribution in [-0.2, 0) is 4.79 Å². The van der Waals surface area contributed by atoms with Crippen molar-refractivity contribution in [2.24, 2.45) is 0 Å². The van der Waals surface area contributed by atoms with E-state index in [1.54, 1.807) is 24.3 Å². The van der Waals surface area contributed by atoms with Gasteiger partial charge in [0.25, 0.3) is 11.8 Å². The van der Waals surface area contributed by atoms with Crippen LogP contribution in [0.2, 0.25) is 5.02 Å². The molecule has 5 nitrogen and oxygen atoms in total. The first kappa shape index (κ1) is 21.2. The quantitative estimate of drug-likeness (QED) is 0.617. The molecular formula is C17H13BrClF3N2O3. The number of halogens is 5. The van der Waals surface area contributed by atoms with E-state index in [9.17, 15) is 27.9 Å². The molecule has 144 valence electrons. The van der Waals surface area contributed by atoms with Crippen molar-refractivity contribution < 1.29 is 27.9 Å². The summed E-state index contributed by atoms with van der Waals surface area (Å²) in [6.45, 7) is 0.329. The van der Waals surface area contributed by atoms with Crippen molar-refractivity contribution in [1.82, 2.24) is 0 Å². The van der Waals surface area contributed by atoms with Gasteiger partial charge in [-0.15, -0.1) is 0 Å². The molecule has 0 bridgehead atoms. The minimum absolute atomic E-state index is 0.126. The van der Waals surface area contributed by atoms with Crippen LogP contribution in [0.3, 0.4) is 0 Å². The Labute approximate surface area is 165 Å². The summed E-state index contributed by atoms with van der Waals surface area (Å²) in [6.07, 6.45) is -5.16. The zero-order chi connectivity index (χ0) is 20.4. The van der Waals surface area contributed by atoms with E-state index < -0.39 is 23.6 Å². The monoisotopic (exact) mass is 464 g/mol. The van der Waals surface area contributed by atoms with E-state index in [1.165, 1.54) is 18.2 Å². The van der Waals surface area contributed by atoms with Gasteiger partial charge >= 0.3 is 6.18 Å². The molecule has 2 aromatic carbocycles. The van der Waals surface area contributed by atoms with Crippen LogP contribution in [0.1, 0.15) is 17.3 Å². The molecular weight excluding hydrogens is 453 g/mol. The van der Waals surface area contributed by atoms with Crippen LogP contribution in [0.5, 0.6) is 0 Å². The Morgan fingerprint density at radius 2 is 1.78 bits per heavy atom. The van der Waals surface area contributed by atoms with E-state index in [1.807, 2.05) is 5.32 Å². The Bertz CT molecular complexity index is 888. The summed E-state index contributed by atoms with van der Waals surface area (Å²) >= 11 is 9.21. The number of carbonyl (C=O) groups excluding carboxylic acids is 2. The summed E-state index contributed by atoms with van der Waals surface area (Å²) < 4.78 is 38.8. The minimum atomic E-state index is -5.16. The molecule has 2 amide bonds. The summed E-state index contributed by atoms with van der Waals surface area (Å²) in [5, 5.41) is 13.7. The Kier molecular flexibility index (Phi) is 6.18. The van der Waals surface area contributed by atoms with Crippen LogP contribution in [0.15, 0.2) is 46.9 Å². The average molecular weight is 466 g/mol. The molecule has 1 atom stereocenters. The second-order valence-electron chi connectivity index (χ2n) is 5.68. The predicted octanol–water partition coefficient (Wildman–Crippen LogP) is 4.61. The highest BCUT2D eigenvalue weighted by Crippen LogP contribution is 2.32. The number of alkyl halides is 3. The molecule has 0 saturated carbocycles. The first-order valence-corrected chi connectivity index (χ1v) is 8.56. The molecule has 0 aromatic heterocycles. The van der Waals surface area contributed by atoms with Gasteiger partial charge in [0.05, 0.1) is 10.7 Å². The number of hydrogen-bond acceptors (Lipinski definition) is 3. The molecule has 0 aliphatic heterocycles. The molecule has 2 rings (SSSR count). The highest BCUT2D eigenvalue weighted by Gasteiger charge is 2.55. The van der Waals surface area contributed by atoms with E-state index >= 15 is 0 Å². The SMILES string of the molecule is CC(O)(C(=O)Nc1ccc(C(=O)Nc2cccc(Br)c2)cc1Cl)C(F)(F)F. The standard InChI is InChI=1S/C17H13BrClF3N2O3/c1-16(27,17(20,21)22)15(26)24-13-6-5-9(7-12(13)19)14(25)23-11-4-2-3-10(18)8-11/h2-8,27H,1H3,(H,23,25)(H,24,26). The van der Waals surface area contributed by atoms with E-state index in [2.05, 4.69) is 21.2 Å². The van der Waals surface area contributed by atoms with Crippen molar-refractivity contribution in [3.8, 4) is 0 Å². The van der Waals surface area contributed by atoms with Gasteiger partial charge in [-0.2, -0.15) is 13.2 Å². The third kappa shape index (κ3) is 5.00. The normalized spacial score (nSPS) is 13.6. The van der Waals surface area contributed by atoms with Crippen molar-refractivity contribution in [3.63, 3.8) is 0 Å². The highest BCUT2D eigenvalue weighted by molar-refractivity contribution is 9.10. The lowest BCUT2D eigenvalue weighted by atomic mass is 10.1. The van der Waals surface area contributed by atoms with E-state index in [0.29, 0.717) is 12.6 Å². The third-order valence-electron chi connectivity index (χ3n) is 3.56. The zero-order valence-electron chi connectivity index (χ0n) is 13.7. The van der Waals surface area contributed by atoms with Gasteiger partial charge < -0.3 is 15.7 Å². The minimum Gasteiger partial charge on any atom is -0.373 e. The second kappa shape index (κ2) is 7.87. The molecule has 2 aromatic rings. The Balaban J connectivity index is 2.15. The van der Waals surface area contributed by atoms with Crippen LogP contribution >= 0.6 is 27.5 Å². The zero-order valence-corrected chi connectivity index (χ0v) is 16.0. The van der Waals surface area contributed by atoms with Gasteiger partial charge in [0.2, 0.25) is 5.60 Å². The van der Waals surface area contributed by atoms with Crippen LogP contribution in [0.4, 0.5) is 24.5 Å².